The second-order valence-electron chi connectivity index (χ2n) is 8.25. The van der Waals surface area contributed by atoms with Crippen LogP contribution in [-0.4, -0.2) is 19.9 Å². The number of benzene rings is 1. The first-order chi connectivity index (χ1) is 12.7. The minimum absolute atomic E-state index is 0.156. The molecule has 0 saturated carbocycles. The summed E-state index contributed by atoms with van der Waals surface area (Å²) < 4.78 is 12.5. The lowest BCUT2D eigenvalue weighted by molar-refractivity contribution is 0.175. The van der Waals surface area contributed by atoms with E-state index in [1.54, 1.807) is 12.3 Å². The molecule has 0 N–H and O–H groups in total. The molecule has 0 bridgehead atoms. The highest BCUT2D eigenvalue weighted by Crippen LogP contribution is 2.37. The molecule has 0 amide bonds. The third kappa shape index (κ3) is 5.91. The van der Waals surface area contributed by atoms with Crippen LogP contribution in [0.3, 0.4) is 0 Å². The number of hydrogen-bond acceptors (Lipinski definition) is 4. The number of hydrogen-bond donors (Lipinski definition) is 0. The first-order valence-corrected chi connectivity index (χ1v) is 12.3. The first-order valence-electron chi connectivity index (χ1n) is 9.44. The summed E-state index contributed by atoms with van der Waals surface area (Å²) in [5, 5.41) is 9.53. The number of aromatic nitrogens is 1. The lowest BCUT2D eigenvalue weighted by Gasteiger charge is -2.36. The minimum atomic E-state index is -1.74. The summed E-state index contributed by atoms with van der Waals surface area (Å²) in [7, 11) is -1.74. The number of nitrogens with zero attached hydrogens (tertiary/aromatic N) is 2. The van der Waals surface area contributed by atoms with E-state index < -0.39 is 8.32 Å². The van der Waals surface area contributed by atoms with Gasteiger partial charge in [0, 0.05) is 24.6 Å². The van der Waals surface area contributed by atoms with Crippen molar-refractivity contribution in [1.82, 2.24) is 4.98 Å². The summed E-state index contributed by atoms with van der Waals surface area (Å²) in [5.41, 5.74) is 1.56. The van der Waals surface area contributed by atoms with Crippen LogP contribution < -0.4 is 4.74 Å². The van der Waals surface area contributed by atoms with Gasteiger partial charge < -0.3 is 9.16 Å². The Morgan fingerprint density at radius 3 is 2.52 bits per heavy atom. The predicted molar refractivity (Wildman–Crippen MR) is 111 cm³/mol. The molecule has 0 aliphatic carbocycles. The van der Waals surface area contributed by atoms with Crippen LogP contribution in [0.5, 0.6) is 5.75 Å². The van der Waals surface area contributed by atoms with E-state index in [0.717, 1.165) is 25.0 Å². The van der Waals surface area contributed by atoms with Gasteiger partial charge in [0.1, 0.15) is 17.9 Å². The number of ether oxygens (including phenoxy) is 1. The Balaban J connectivity index is 2.05. The van der Waals surface area contributed by atoms with Gasteiger partial charge in [0.25, 0.3) is 0 Å². The number of nitriles is 1. The first kappa shape index (κ1) is 21.1. The monoisotopic (exact) mass is 382 g/mol. The van der Waals surface area contributed by atoms with Crippen molar-refractivity contribution in [2.24, 2.45) is 0 Å². The molecule has 0 aliphatic heterocycles. The maximum Gasteiger partial charge on any atom is 0.191 e. The maximum atomic E-state index is 9.32. The van der Waals surface area contributed by atoms with Gasteiger partial charge in [-0.2, -0.15) is 5.26 Å². The Morgan fingerprint density at radius 1 is 1.15 bits per heavy atom. The maximum absolute atomic E-state index is 9.32. The molecule has 0 saturated heterocycles. The zero-order valence-electron chi connectivity index (χ0n) is 17.0. The van der Waals surface area contributed by atoms with Crippen LogP contribution in [0.25, 0.3) is 0 Å². The lowest BCUT2D eigenvalue weighted by atomic mass is 10.1. The van der Waals surface area contributed by atoms with E-state index >= 15 is 0 Å². The van der Waals surface area contributed by atoms with E-state index in [2.05, 4.69) is 44.9 Å². The van der Waals surface area contributed by atoms with Crippen molar-refractivity contribution in [2.45, 2.75) is 57.8 Å². The van der Waals surface area contributed by atoms with Gasteiger partial charge >= 0.3 is 0 Å². The lowest BCUT2D eigenvalue weighted by Crippen LogP contribution is -2.41. The normalized spacial score (nSPS) is 13.0. The van der Waals surface area contributed by atoms with E-state index in [4.69, 9.17) is 9.16 Å². The van der Waals surface area contributed by atoms with Gasteiger partial charge in [0.2, 0.25) is 0 Å². The Labute approximate surface area is 164 Å². The van der Waals surface area contributed by atoms with E-state index in [0.29, 0.717) is 11.3 Å². The fraction of sp³-hybridized carbons (Fsp3) is 0.455. The van der Waals surface area contributed by atoms with Crippen molar-refractivity contribution in [3.8, 4) is 11.8 Å². The average molecular weight is 383 g/mol. The molecule has 27 heavy (non-hydrogen) atoms. The molecule has 0 radical (unpaired) electrons. The average Bonchev–Trinajstić information content (AvgIpc) is 2.64. The number of rotatable bonds is 8. The van der Waals surface area contributed by atoms with Gasteiger partial charge in [-0.3, -0.25) is 4.98 Å². The fourth-order valence-electron chi connectivity index (χ4n) is 2.49. The largest absolute Gasteiger partial charge is 0.484 e. The fourth-order valence-corrected chi connectivity index (χ4v) is 3.58. The van der Waals surface area contributed by atoms with Gasteiger partial charge in [0.15, 0.2) is 8.32 Å². The standard InChI is InChI=1S/C22H30N2O2Si/c1-22(2,3)27(4,5)25-15-9-13-21(19-11-8-14-24-17-19)26-20-12-7-6-10-18(20)16-23/h6-8,10-12,14,17,21H,9,13,15H2,1-5H3. The highest BCUT2D eigenvalue weighted by molar-refractivity contribution is 6.74. The van der Waals surface area contributed by atoms with Gasteiger partial charge in [-0.1, -0.05) is 39.0 Å². The van der Waals surface area contributed by atoms with Crippen molar-refractivity contribution in [2.75, 3.05) is 6.61 Å². The van der Waals surface area contributed by atoms with Crippen LogP contribution >= 0.6 is 0 Å². The van der Waals surface area contributed by atoms with Gasteiger partial charge in [-0.15, -0.1) is 0 Å². The molecule has 144 valence electrons. The molecule has 0 fully saturated rings. The molecule has 5 heteroatoms. The summed E-state index contributed by atoms with van der Waals surface area (Å²) >= 11 is 0. The Hall–Kier alpha value is -2.16. The minimum Gasteiger partial charge on any atom is -0.484 e. The van der Waals surface area contributed by atoms with Crippen LogP contribution in [-0.2, 0) is 4.43 Å². The van der Waals surface area contributed by atoms with Gasteiger partial charge in [0.05, 0.1) is 5.56 Å². The van der Waals surface area contributed by atoms with Gasteiger partial charge in [-0.25, -0.2) is 0 Å². The van der Waals surface area contributed by atoms with E-state index in [1.807, 2.05) is 36.5 Å². The van der Waals surface area contributed by atoms with E-state index in [1.165, 1.54) is 0 Å². The van der Waals surface area contributed by atoms with Crippen LogP contribution in [0.15, 0.2) is 48.8 Å². The number of para-hydroxylation sites is 1. The molecule has 2 aromatic rings. The summed E-state index contributed by atoms with van der Waals surface area (Å²) in [6.07, 6.45) is 5.12. The van der Waals surface area contributed by atoms with Crippen molar-refractivity contribution in [3.63, 3.8) is 0 Å². The molecule has 2 rings (SSSR count). The second kappa shape index (κ2) is 9.16. The Kier molecular flexibility index (Phi) is 7.17. The zero-order valence-corrected chi connectivity index (χ0v) is 18.0. The van der Waals surface area contributed by atoms with Gasteiger partial charge in [-0.05, 0) is 49.2 Å². The Morgan fingerprint density at radius 2 is 1.89 bits per heavy atom. The van der Waals surface area contributed by atoms with Crippen molar-refractivity contribution >= 4 is 8.32 Å². The summed E-state index contributed by atoms with van der Waals surface area (Å²) in [4.78, 5) is 4.22. The molecule has 1 aromatic carbocycles. The van der Waals surface area contributed by atoms with Crippen molar-refractivity contribution < 1.29 is 9.16 Å². The molecule has 1 aromatic heterocycles. The second-order valence-corrected chi connectivity index (χ2v) is 13.1. The quantitative estimate of drug-likeness (QED) is 0.423. The summed E-state index contributed by atoms with van der Waals surface area (Å²) in [5.74, 6) is 0.610. The smallest absolute Gasteiger partial charge is 0.191 e. The van der Waals surface area contributed by atoms with Crippen molar-refractivity contribution in [1.29, 1.82) is 5.26 Å². The van der Waals surface area contributed by atoms with Crippen LogP contribution in [0.4, 0.5) is 0 Å². The molecule has 1 heterocycles. The highest BCUT2D eigenvalue weighted by atomic mass is 28.4. The molecule has 1 atom stereocenters. The summed E-state index contributed by atoms with van der Waals surface area (Å²) in [6, 6.07) is 13.5. The molecule has 4 nitrogen and oxygen atoms in total. The predicted octanol–water partition coefficient (Wildman–Crippen LogP) is 5.88. The zero-order chi connectivity index (χ0) is 19.9. The van der Waals surface area contributed by atoms with Crippen LogP contribution in [0.1, 0.15) is 50.8 Å². The molecular formula is C22H30N2O2Si. The molecule has 1 unspecified atom stereocenters. The third-order valence-electron chi connectivity index (χ3n) is 5.21. The van der Waals surface area contributed by atoms with Crippen LogP contribution in [0.2, 0.25) is 18.1 Å². The highest BCUT2D eigenvalue weighted by Gasteiger charge is 2.36. The number of pyridine rings is 1. The van der Waals surface area contributed by atoms with Crippen molar-refractivity contribution in [3.05, 3.63) is 59.9 Å². The Bertz CT molecular complexity index is 764. The summed E-state index contributed by atoms with van der Waals surface area (Å²) in [6.45, 7) is 12.0. The van der Waals surface area contributed by atoms with E-state index in [-0.39, 0.29) is 11.1 Å². The van der Waals surface area contributed by atoms with Crippen LogP contribution in [0, 0.1) is 11.3 Å². The van der Waals surface area contributed by atoms with E-state index in [9.17, 15) is 5.26 Å². The molecule has 0 aliphatic rings. The topological polar surface area (TPSA) is 55.1 Å². The molecule has 0 spiro atoms. The SMILES string of the molecule is CC(C)(C)[Si](C)(C)OCCCC(Oc1ccccc1C#N)c1cccnc1. The third-order valence-corrected chi connectivity index (χ3v) is 9.75. The molecular weight excluding hydrogens is 352 g/mol.